The van der Waals surface area contributed by atoms with Crippen LogP contribution < -0.4 is 5.32 Å². The Kier molecular flexibility index (Phi) is 5.63. The molecule has 0 aromatic carbocycles. The maximum Gasteiger partial charge on any atom is 0.417 e. The number of nitrogens with zero attached hydrogens (tertiary/aromatic N) is 5. The Hall–Kier alpha value is -3.77. The Morgan fingerprint density at radius 1 is 0.969 bits per heavy atom. The van der Waals surface area contributed by atoms with Crippen molar-refractivity contribution in [2.24, 2.45) is 0 Å². The predicted octanol–water partition coefficient (Wildman–Crippen LogP) is 3.41. The highest BCUT2D eigenvalue weighted by atomic mass is 19.4. The van der Waals surface area contributed by atoms with Crippen molar-refractivity contribution in [2.75, 3.05) is 11.9 Å². The lowest BCUT2D eigenvalue weighted by molar-refractivity contribution is -0.137. The summed E-state index contributed by atoms with van der Waals surface area (Å²) in [6, 6.07) is 4.63. The van der Waals surface area contributed by atoms with Crippen LogP contribution in [0.1, 0.15) is 17.2 Å². The molecule has 0 fully saturated rings. The van der Waals surface area contributed by atoms with E-state index in [-0.39, 0.29) is 28.4 Å². The molecule has 4 aromatic rings. The fraction of sp³-hybridized carbons (Fsp3) is 0.150. The molecule has 0 aliphatic heterocycles. The van der Waals surface area contributed by atoms with E-state index in [1.165, 1.54) is 24.8 Å². The smallest absolute Gasteiger partial charge is 0.393 e. The fourth-order valence-corrected chi connectivity index (χ4v) is 2.87. The molecule has 0 bridgehead atoms. The van der Waals surface area contributed by atoms with Crippen molar-refractivity contribution < 1.29 is 27.8 Å². The van der Waals surface area contributed by atoms with Gasteiger partial charge in [0.05, 0.1) is 17.7 Å². The van der Waals surface area contributed by atoms with Crippen molar-refractivity contribution >= 4 is 22.7 Å². The number of nitrogens with one attached hydrogen (secondary N) is 1. The quantitative estimate of drug-likeness (QED) is 0.400. The first-order valence-electron chi connectivity index (χ1n) is 9.12. The number of aromatic nitrogens is 5. The zero-order valence-electron chi connectivity index (χ0n) is 16.0. The molecule has 8 nitrogen and oxygen atoms in total. The molecule has 0 saturated carbocycles. The number of rotatable bonds is 5. The Bertz CT molecular complexity index is 1270. The summed E-state index contributed by atoms with van der Waals surface area (Å²) < 4.78 is 52.6. The fourth-order valence-electron chi connectivity index (χ4n) is 2.87. The first-order chi connectivity index (χ1) is 15.3. The lowest BCUT2D eigenvalue weighted by Gasteiger charge is -2.11. The molecule has 0 aliphatic carbocycles. The number of aliphatic hydroxyl groups excluding tert-OH is 2. The average Bonchev–Trinajstić information content (AvgIpc) is 2.78. The van der Waals surface area contributed by atoms with Crippen molar-refractivity contribution in [1.82, 2.24) is 24.9 Å². The van der Waals surface area contributed by atoms with Gasteiger partial charge in [-0.05, 0) is 24.3 Å². The molecule has 0 spiro atoms. The summed E-state index contributed by atoms with van der Waals surface area (Å²) in [5.41, 5.74) is 0.118. The molecule has 164 valence electrons. The minimum absolute atomic E-state index is 0.0363. The van der Waals surface area contributed by atoms with Crippen LogP contribution in [0.25, 0.3) is 22.3 Å². The van der Waals surface area contributed by atoms with Crippen LogP contribution in [-0.2, 0) is 6.18 Å². The third-order valence-corrected chi connectivity index (χ3v) is 4.51. The third-order valence-electron chi connectivity index (χ3n) is 4.51. The Labute approximate surface area is 177 Å². The molecule has 0 aliphatic rings. The standard InChI is InChI=1S/C20H14F4N6O2/c21-13-3-10(15(32)8-31)5-26-17(13)11-4-14-18(27-6-11)19(29-9-28-14)30-16-2-1-12(7-25-16)20(22,23)24/h1-7,9,15,31-32H,8H2,(H,25,28,29,30)/t15-/m1/s1. The van der Waals surface area contributed by atoms with E-state index in [0.29, 0.717) is 17.3 Å². The average molecular weight is 446 g/mol. The first kappa shape index (κ1) is 21.5. The number of aliphatic hydroxyl groups is 2. The van der Waals surface area contributed by atoms with Crippen molar-refractivity contribution in [2.45, 2.75) is 12.3 Å². The van der Waals surface area contributed by atoms with Gasteiger partial charge < -0.3 is 15.5 Å². The summed E-state index contributed by atoms with van der Waals surface area (Å²) in [6.45, 7) is -0.571. The van der Waals surface area contributed by atoms with E-state index in [2.05, 4.69) is 30.2 Å². The number of hydrogen-bond donors (Lipinski definition) is 3. The van der Waals surface area contributed by atoms with E-state index >= 15 is 0 Å². The Morgan fingerprint density at radius 3 is 2.44 bits per heavy atom. The van der Waals surface area contributed by atoms with Crippen molar-refractivity contribution in [3.8, 4) is 11.3 Å². The molecule has 4 aromatic heterocycles. The van der Waals surface area contributed by atoms with Crippen molar-refractivity contribution in [1.29, 1.82) is 0 Å². The molecular formula is C20H14F4N6O2. The summed E-state index contributed by atoms with van der Waals surface area (Å²) in [7, 11) is 0. The SMILES string of the molecule is OC[C@@H](O)c1cnc(-c2cnc3c(Nc4ccc(C(F)(F)F)cn4)ncnc3c2)c(F)c1. The highest BCUT2D eigenvalue weighted by Crippen LogP contribution is 2.30. The van der Waals surface area contributed by atoms with Gasteiger partial charge in [-0.2, -0.15) is 13.2 Å². The van der Waals surface area contributed by atoms with Crippen LogP contribution in [0, 0.1) is 5.82 Å². The molecule has 0 radical (unpaired) electrons. The molecule has 12 heteroatoms. The minimum Gasteiger partial charge on any atom is -0.393 e. The van der Waals surface area contributed by atoms with E-state index in [4.69, 9.17) is 5.11 Å². The first-order valence-corrected chi connectivity index (χ1v) is 9.12. The second-order valence-electron chi connectivity index (χ2n) is 6.67. The van der Waals surface area contributed by atoms with E-state index in [9.17, 15) is 22.7 Å². The summed E-state index contributed by atoms with van der Waals surface area (Å²) in [5, 5.41) is 21.4. The Morgan fingerprint density at radius 2 is 1.78 bits per heavy atom. The second-order valence-corrected chi connectivity index (χ2v) is 6.67. The molecule has 4 rings (SSSR count). The summed E-state index contributed by atoms with van der Waals surface area (Å²) in [4.78, 5) is 20.1. The van der Waals surface area contributed by atoms with Crippen LogP contribution in [0.2, 0.25) is 0 Å². The number of pyridine rings is 3. The minimum atomic E-state index is -4.50. The number of alkyl halides is 3. The van der Waals surface area contributed by atoms with Crippen LogP contribution in [-0.4, -0.2) is 41.7 Å². The monoisotopic (exact) mass is 446 g/mol. The number of halogens is 4. The summed E-state index contributed by atoms with van der Waals surface area (Å²) >= 11 is 0. The van der Waals surface area contributed by atoms with Gasteiger partial charge in [-0.25, -0.2) is 24.3 Å². The molecule has 0 unspecified atom stereocenters. The third kappa shape index (κ3) is 4.31. The van der Waals surface area contributed by atoms with Gasteiger partial charge in [0.25, 0.3) is 0 Å². The molecule has 1 atom stereocenters. The molecule has 4 heterocycles. The Balaban J connectivity index is 1.64. The largest absolute Gasteiger partial charge is 0.417 e. The zero-order chi connectivity index (χ0) is 22.9. The number of hydrogen-bond acceptors (Lipinski definition) is 8. The molecular weight excluding hydrogens is 432 g/mol. The van der Waals surface area contributed by atoms with Gasteiger partial charge in [0.1, 0.15) is 35.3 Å². The van der Waals surface area contributed by atoms with Crippen LogP contribution in [0.15, 0.2) is 49.2 Å². The van der Waals surface area contributed by atoms with Gasteiger partial charge in [-0.3, -0.25) is 4.98 Å². The number of anilines is 2. The van der Waals surface area contributed by atoms with Crippen molar-refractivity contribution in [3.05, 3.63) is 66.1 Å². The zero-order valence-corrected chi connectivity index (χ0v) is 16.0. The summed E-state index contributed by atoms with van der Waals surface area (Å²) in [6.07, 6.45) is -1.26. The maximum atomic E-state index is 14.5. The van der Waals surface area contributed by atoms with E-state index < -0.39 is 30.3 Å². The van der Waals surface area contributed by atoms with Gasteiger partial charge in [0.2, 0.25) is 0 Å². The lowest BCUT2D eigenvalue weighted by Crippen LogP contribution is -2.06. The highest BCUT2D eigenvalue weighted by molar-refractivity contribution is 5.88. The molecule has 0 amide bonds. The van der Waals surface area contributed by atoms with Crippen LogP contribution in [0.4, 0.5) is 29.2 Å². The predicted molar refractivity (Wildman–Crippen MR) is 105 cm³/mol. The van der Waals surface area contributed by atoms with Crippen LogP contribution >= 0.6 is 0 Å². The van der Waals surface area contributed by atoms with Crippen molar-refractivity contribution in [3.63, 3.8) is 0 Å². The lowest BCUT2D eigenvalue weighted by atomic mass is 10.1. The van der Waals surface area contributed by atoms with Crippen LogP contribution in [0.5, 0.6) is 0 Å². The molecule has 0 saturated heterocycles. The van der Waals surface area contributed by atoms with Gasteiger partial charge >= 0.3 is 6.18 Å². The second kappa shape index (κ2) is 8.40. The summed E-state index contributed by atoms with van der Waals surface area (Å²) in [5.74, 6) is -0.407. The van der Waals surface area contributed by atoms with E-state index in [1.54, 1.807) is 0 Å². The highest BCUT2D eigenvalue weighted by Gasteiger charge is 2.30. The molecule has 32 heavy (non-hydrogen) atoms. The normalized spacial score (nSPS) is 12.7. The van der Waals surface area contributed by atoms with Gasteiger partial charge in [-0.1, -0.05) is 0 Å². The van der Waals surface area contributed by atoms with Gasteiger partial charge in [0.15, 0.2) is 5.82 Å². The van der Waals surface area contributed by atoms with Gasteiger partial charge in [0, 0.05) is 29.7 Å². The molecule has 3 N–H and O–H groups in total. The van der Waals surface area contributed by atoms with E-state index in [1.807, 2.05) is 0 Å². The number of fused-ring (bicyclic) bond motifs is 1. The topological polar surface area (TPSA) is 117 Å². The van der Waals surface area contributed by atoms with Crippen LogP contribution in [0.3, 0.4) is 0 Å². The van der Waals surface area contributed by atoms with E-state index in [0.717, 1.165) is 18.2 Å². The maximum absolute atomic E-state index is 14.5. The van der Waals surface area contributed by atoms with Gasteiger partial charge in [-0.15, -0.1) is 0 Å².